The zero-order valence-corrected chi connectivity index (χ0v) is 25.2. The fourth-order valence-corrected chi connectivity index (χ4v) is 5.68. The van der Waals surface area contributed by atoms with Gasteiger partial charge >= 0.3 is 6.18 Å². The van der Waals surface area contributed by atoms with Gasteiger partial charge in [-0.25, -0.2) is 4.99 Å². The minimum atomic E-state index is -4.62. The number of carbonyl (C=O) groups is 2. The number of carbonyl (C=O) groups excluding carboxylic acids is 2. The first kappa shape index (κ1) is 31.8. The molecule has 222 valence electrons. The summed E-state index contributed by atoms with van der Waals surface area (Å²) in [6.45, 7) is 0.221. The van der Waals surface area contributed by atoms with Gasteiger partial charge in [-0.15, -0.1) is 0 Å². The first-order chi connectivity index (χ1) is 19.9. The molecule has 1 unspecified atom stereocenters. The summed E-state index contributed by atoms with van der Waals surface area (Å²) in [4.78, 5) is 32.4. The number of nitrogens with one attached hydrogen (secondary N) is 1. The second-order valence-corrected chi connectivity index (χ2v) is 11.4. The van der Waals surface area contributed by atoms with Crippen LogP contribution in [-0.2, 0) is 22.2 Å². The van der Waals surface area contributed by atoms with Gasteiger partial charge in [0.05, 0.1) is 46.2 Å². The number of benzene rings is 3. The van der Waals surface area contributed by atoms with Crippen molar-refractivity contribution in [2.45, 2.75) is 24.3 Å². The van der Waals surface area contributed by atoms with Crippen molar-refractivity contribution in [3.63, 3.8) is 0 Å². The first-order valence-electron chi connectivity index (χ1n) is 12.3. The van der Waals surface area contributed by atoms with E-state index < -0.39 is 22.9 Å². The van der Waals surface area contributed by atoms with Crippen LogP contribution in [0.15, 0.2) is 59.6 Å². The number of amidine groups is 1. The number of hydrogen-bond acceptors (Lipinski definition) is 6. The molecule has 0 spiro atoms. The number of nitrogens with zero attached hydrogens (tertiary/aromatic N) is 2. The highest BCUT2D eigenvalue weighted by Gasteiger charge is 2.39. The number of halogens is 6. The molecule has 1 aliphatic heterocycles. The molecule has 3 aromatic carbocycles. The molecule has 2 amide bonds. The van der Waals surface area contributed by atoms with Crippen LogP contribution in [0.3, 0.4) is 0 Å². The zero-order valence-electron chi connectivity index (χ0n) is 22.1. The molecule has 1 heterocycles. The van der Waals surface area contributed by atoms with Gasteiger partial charge in [-0.1, -0.05) is 52.6 Å². The van der Waals surface area contributed by atoms with Gasteiger partial charge in [0.1, 0.15) is 5.25 Å². The Morgan fingerprint density at radius 3 is 2.36 bits per heavy atom. The largest absolute Gasteiger partial charge is 0.493 e. The van der Waals surface area contributed by atoms with E-state index in [0.29, 0.717) is 33.8 Å². The van der Waals surface area contributed by atoms with Crippen molar-refractivity contribution in [2.24, 2.45) is 4.99 Å². The minimum absolute atomic E-state index is 0.0693. The summed E-state index contributed by atoms with van der Waals surface area (Å²) in [5.74, 6) is 0.0229. The van der Waals surface area contributed by atoms with Gasteiger partial charge < -0.3 is 14.8 Å². The molecule has 1 fully saturated rings. The number of rotatable bonds is 9. The molecule has 1 N–H and O–H groups in total. The summed E-state index contributed by atoms with van der Waals surface area (Å²) in [5.41, 5.74) is 0.129. The fourth-order valence-electron chi connectivity index (χ4n) is 4.04. The fraction of sp³-hybridized carbons (Fsp3) is 0.250. The average molecular weight is 661 g/mol. The quantitative estimate of drug-likeness (QED) is 0.253. The average Bonchev–Trinajstić information content (AvgIpc) is 3.22. The lowest BCUT2D eigenvalue weighted by Crippen LogP contribution is -2.35. The highest BCUT2D eigenvalue weighted by Crippen LogP contribution is 2.36. The summed E-state index contributed by atoms with van der Waals surface area (Å²) in [5, 5.41) is 2.38. The maximum Gasteiger partial charge on any atom is 0.416 e. The zero-order chi connectivity index (χ0) is 30.6. The maximum atomic E-state index is 13.5. The number of methoxy groups -OCH3 is 2. The smallest absolute Gasteiger partial charge is 0.416 e. The Labute approximate surface area is 258 Å². The van der Waals surface area contributed by atoms with Crippen LogP contribution in [0.5, 0.6) is 11.5 Å². The van der Waals surface area contributed by atoms with E-state index >= 15 is 0 Å². The van der Waals surface area contributed by atoms with Gasteiger partial charge in [0.2, 0.25) is 11.8 Å². The molecule has 1 aliphatic rings. The number of thioether (sulfide) groups is 1. The van der Waals surface area contributed by atoms with E-state index in [0.717, 1.165) is 35.5 Å². The summed E-state index contributed by atoms with van der Waals surface area (Å²) in [6.07, 6.45) is -4.53. The van der Waals surface area contributed by atoms with Crippen molar-refractivity contribution in [3.05, 3.63) is 80.8 Å². The minimum Gasteiger partial charge on any atom is -0.493 e. The molecule has 7 nitrogen and oxygen atoms in total. The second kappa shape index (κ2) is 13.5. The first-order valence-corrected chi connectivity index (χ1v) is 14.3. The Kier molecular flexibility index (Phi) is 10.2. The summed E-state index contributed by atoms with van der Waals surface area (Å²) >= 11 is 19.2. The molecule has 42 heavy (non-hydrogen) atoms. The number of alkyl halides is 3. The van der Waals surface area contributed by atoms with Crippen molar-refractivity contribution in [3.8, 4) is 11.5 Å². The number of amides is 2. The van der Waals surface area contributed by atoms with E-state index in [1.165, 1.54) is 19.1 Å². The Hall–Kier alpha value is -3.12. The standard InChI is InChI=1S/C28H23Cl3F3N3O4S/c1-40-22-8-3-15(11-23(22)41-2)9-10-37-26(39)24(42-27(37)35-17-5-7-18(29)20(31)13-17)14-25(38)36-21-12-16(28(32,33)34)4-6-19(21)30/h3-8,11-13,24H,9-10,14H2,1-2H3,(H,36,38). The van der Waals surface area contributed by atoms with Crippen molar-refractivity contribution in [1.29, 1.82) is 0 Å². The van der Waals surface area contributed by atoms with Crippen LogP contribution in [0.1, 0.15) is 17.5 Å². The van der Waals surface area contributed by atoms with Crippen LogP contribution in [0.2, 0.25) is 15.1 Å². The van der Waals surface area contributed by atoms with E-state index in [9.17, 15) is 22.8 Å². The van der Waals surface area contributed by atoms with Crippen LogP contribution in [0, 0.1) is 0 Å². The molecule has 0 bridgehead atoms. The third-order valence-corrected chi connectivity index (χ3v) is 8.40. The molecule has 14 heteroatoms. The predicted octanol–water partition coefficient (Wildman–Crippen LogP) is 7.89. The maximum absolute atomic E-state index is 13.5. The SMILES string of the molecule is COc1ccc(CCN2C(=O)C(CC(=O)Nc3cc(C(F)(F)F)ccc3Cl)SC2=Nc2ccc(Cl)c(Cl)c2)cc1OC. The Bertz CT molecular complexity index is 1540. The lowest BCUT2D eigenvalue weighted by atomic mass is 10.1. The number of hydrogen-bond donors (Lipinski definition) is 1. The third-order valence-electron chi connectivity index (χ3n) is 6.16. The van der Waals surface area contributed by atoms with Crippen molar-refractivity contribution < 1.29 is 32.2 Å². The van der Waals surface area contributed by atoms with Gasteiger partial charge in [0.15, 0.2) is 16.7 Å². The van der Waals surface area contributed by atoms with E-state index in [4.69, 9.17) is 44.3 Å². The Morgan fingerprint density at radius 1 is 0.976 bits per heavy atom. The Morgan fingerprint density at radius 2 is 1.69 bits per heavy atom. The summed E-state index contributed by atoms with van der Waals surface area (Å²) in [6, 6.07) is 12.8. The third kappa shape index (κ3) is 7.63. The van der Waals surface area contributed by atoms with Gasteiger partial charge in [0, 0.05) is 13.0 Å². The van der Waals surface area contributed by atoms with Gasteiger partial charge in [0.25, 0.3) is 0 Å². The molecule has 0 saturated carbocycles. The number of ether oxygens (including phenoxy) is 2. The molecule has 1 atom stereocenters. The van der Waals surface area contributed by atoms with E-state index in [1.807, 2.05) is 6.07 Å². The topological polar surface area (TPSA) is 80.2 Å². The van der Waals surface area contributed by atoms with Crippen LogP contribution in [0.4, 0.5) is 24.5 Å². The lowest BCUT2D eigenvalue weighted by Gasteiger charge is -2.17. The van der Waals surface area contributed by atoms with Crippen molar-refractivity contribution >= 4 is 74.9 Å². The van der Waals surface area contributed by atoms with Crippen molar-refractivity contribution in [1.82, 2.24) is 4.90 Å². The Balaban J connectivity index is 1.55. The molecular formula is C28H23Cl3F3N3O4S. The summed E-state index contributed by atoms with van der Waals surface area (Å²) < 4.78 is 50.1. The van der Waals surface area contributed by atoms with Gasteiger partial charge in [-0.3, -0.25) is 14.5 Å². The van der Waals surface area contributed by atoms with E-state index in [2.05, 4.69) is 10.3 Å². The highest BCUT2D eigenvalue weighted by atomic mass is 35.5. The van der Waals surface area contributed by atoms with Crippen LogP contribution in [0.25, 0.3) is 0 Å². The molecule has 0 aliphatic carbocycles. The molecule has 0 radical (unpaired) electrons. The number of aliphatic imine (C=N–C) groups is 1. The molecular weight excluding hydrogens is 638 g/mol. The molecule has 1 saturated heterocycles. The second-order valence-electron chi connectivity index (χ2n) is 8.97. The number of anilines is 1. The van der Waals surface area contributed by atoms with E-state index in [-0.39, 0.29) is 34.6 Å². The molecule has 3 aromatic rings. The van der Waals surface area contributed by atoms with Gasteiger partial charge in [-0.05, 0) is 60.5 Å². The van der Waals surface area contributed by atoms with Crippen LogP contribution >= 0.6 is 46.6 Å². The molecule has 4 rings (SSSR count). The summed E-state index contributed by atoms with van der Waals surface area (Å²) in [7, 11) is 3.05. The van der Waals surface area contributed by atoms with E-state index in [1.54, 1.807) is 30.3 Å². The van der Waals surface area contributed by atoms with Crippen molar-refractivity contribution in [2.75, 3.05) is 26.1 Å². The predicted molar refractivity (Wildman–Crippen MR) is 160 cm³/mol. The highest BCUT2D eigenvalue weighted by molar-refractivity contribution is 8.15. The molecule has 0 aromatic heterocycles. The lowest BCUT2D eigenvalue weighted by molar-refractivity contribution is -0.137. The monoisotopic (exact) mass is 659 g/mol. The van der Waals surface area contributed by atoms with Crippen LogP contribution < -0.4 is 14.8 Å². The van der Waals surface area contributed by atoms with Crippen LogP contribution in [-0.4, -0.2) is 47.9 Å². The normalized spacial score (nSPS) is 16.2. The van der Waals surface area contributed by atoms with Gasteiger partial charge in [-0.2, -0.15) is 13.2 Å².